The summed E-state index contributed by atoms with van der Waals surface area (Å²) in [7, 11) is 1.73. The van der Waals surface area contributed by atoms with Crippen LogP contribution in [0.25, 0.3) is 0 Å². The van der Waals surface area contributed by atoms with Gasteiger partial charge < -0.3 is 9.13 Å². The van der Waals surface area contributed by atoms with Crippen LogP contribution in [0.3, 0.4) is 0 Å². The molecule has 0 N–H and O–H groups in total. The third-order valence-corrected chi connectivity index (χ3v) is 3.51. The van der Waals surface area contributed by atoms with Gasteiger partial charge in [-0.25, -0.2) is 0 Å². The number of hydrogen-bond donors (Lipinski definition) is 0. The zero-order chi connectivity index (χ0) is 23.6. The quantitative estimate of drug-likeness (QED) is 0.530. The first-order valence-electron chi connectivity index (χ1n) is 9.23. The predicted molar refractivity (Wildman–Crippen MR) is 126 cm³/mol. The van der Waals surface area contributed by atoms with Crippen LogP contribution >= 0.6 is 0 Å². The Balaban J connectivity index is 2.55. The fourth-order valence-corrected chi connectivity index (χ4v) is 2.11. The van der Waals surface area contributed by atoms with Gasteiger partial charge in [-0.2, -0.15) is 4.99 Å². The van der Waals surface area contributed by atoms with Crippen molar-refractivity contribution in [2.75, 3.05) is 7.05 Å². The number of pyridine rings is 2. The molecule has 0 aromatic carbocycles. The van der Waals surface area contributed by atoms with E-state index < -0.39 is 0 Å². The summed E-state index contributed by atoms with van der Waals surface area (Å²) in [5, 5.41) is 1.51. The Labute approximate surface area is 192 Å². The molecule has 0 bridgehead atoms. The monoisotopic (exact) mass is 418 g/mol. The standard InChI is InChI=1S/C29H14N4/c1-4-6-8-10-12-13-15-17-29(32-23-18-27(30-3)19-24-32)33-25-20-28(21-26-33)31-22-16-14-11-9-7-5-2/h2,18-21,23-26H,1H2,3H3. The predicted octanol–water partition coefficient (Wildman–Crippen LogP) is 2.36. The summed E-state index contributed by atoms with van der Waals surface area (Å²) in [5.74, 6) is 15.3. The zero-order valence-electron chi connectivity index (χ0n) is 17.7. The maximum Gasteiger partial charge on any atom is 0.174 e. The van der Waals surface area contributed by atoms with Crippen LogP contribution < -0.4 is 10.7 Å². The number of nitrogens with zero attached hydrogens (tertiary/aromatic N) is 4. The molecule has 0 fully saturated rings. The Hall–Kier alpha value is -5.88. The number of aromatic nitrogens is 2. The molecule has 0 saturated heterocycles. The van der Waals surface area contributed by atoms with Crippen LogP contribution in [0, 0.1) is 53.8 Å². The Morgan fingerprint density at radius 2 is 1.30 bits per heavy atom. The maximum absolute atomic E-state index is 5.00. The van der Waals surface area contributed by atoms with E-state index in [2.05, 4.69) is 104 Å². The molecule has 0 unspecified atom stereocenters. The first-order chi connectivity index (χ1) is 16.3. The van der Waals surface area contributed by atoms with Gasteiger partial charge in [0.1, 0.15) is 0 Å². The maximum atomic E-state index is 5.00. The number of rotatable bonds is 2. The van der Waals surface area contributed by atoms with Gasteiger partial charge in [0.15, 0.2) is 5.82 Å². The van der Waals surface area contributed by atoms with Gasteiger partial charge in [-0.05, 0) is 88.7 Å². The highest BCUT2D eigenvalue weighted by molar-refractivity contribution is 5.39. The molecule has 2 aromatic rings. The van der Waals surface area contributed by atoms with Crippen molar-refractivity contribution in [3.05, 3.63) is 118 Å². The van der Waals surface area contributed by atoms with E-state index in [1.54, 1.807) is 19.2 Å². The highest BCUT2D eigenvalue weighted by atomic mass is 15.1. The van der Waals surface area contributed by atoms with E-state index in [1.807, 2.05) is 46.1 Å². The van der Waals surface area contributed by atoms with Crippen molar-refractivity contribution < 1.29 is 0 Å². The third kappa shape index (κ3) is 8.57. The van der Waals surface area contributed by atoms with Gasteiger partial charge >= 0.3 is 0 Å². The lowest BCUT2D eigenvalue weighted by Gasteiger charge is -2.11. The van der Waals surface area contributed by atoms with Gasteiger partial charge in [-0.15, -0.1) is 6.42 Å². The average Bonchev–Trinajstić information content (AvgIpc) is 2.86. The lowest BCUT2D eigenvalue weighted by Crippen LogP contribution is -2.14. The molecule has 0 radical (unpaired) electrons. The topological polar surface area (TPSA) is 34.6 Å². The van der Waals surface area contributed by atoms with E-state index in [1.165, 1.54) is 0 Å². The Morgan fingerprint density at radius 1 is 0.758 bits per heavy atom. The molecule has 0 aliphatic rings. The van der Waals surface area contributed by atoms with Crippen molar-refractivity contribution in [2.24, 2.45) is 9.98 Å². The molecule has 0 aliphatic heterocycles. The molecule has 0 amide bonds. The van der Waals surface area contributed by atoms with Gasteiger partial charge in [-0.1, -0.05) is 5.73 Å². The first kappa shape index (κ1) is 23.4. The lowest BCUT2D eigenvalue weighted by atomic mass is 10.4. The van der Waals surface area contributed by atoms with Gasteiger partial charge in [0.05, 0.1) is 10.7 Å². The van der Waals surface area contributed by atoms with Crippen molar-refractivity contribution in [3.8, 4) is 48.0 Å². The summed E-state index contributed by atoms with van der Waals surface area (Å²) >= 11 is 0. The highest BCUT2D eigenvalue weighted by Crippen LogP contribution is 1.99. The normalized spacial score (nSPS) is 7.15. The molecule has 33 heavy (non-hydrogen) atoms. The molecule has 2 aromatic heterocycles. The minimum atomic E-state index is 0.646. The molecule has 2 rings (SSSR count). The van der Waals surface area contributed by atoms with E-state index in [0.29, 0.717) is 11.2 Å². The summed E-state index contributed by atoms with van der Waals surface area (Å²) < 4.78 is 3.69. The van der Waals surface area contributed by atoms with Crippen LogP contribution in [-0.4, -0.2) is 16.2 Å². The van der Waals surface area contributed by atoms with Crippen molar-refractivity contribution >= 4 is 0 Å². The van der Waals surface area contributed by atoms with E-state index in [4.69, 9.17) is 6.42 Å². The molecule has 0 spiro atoms. The molecule has 2 heterocycles. The van der Waals surface area contributed by atoms with E-state index >= 15 is 0 Å². The summed E-state index contributed by atoms with van der Waals surface area (Å²) in [6.45, 7) is 3.38. The Bertz CT molecular complexity index is 1710. The lowest BCUT2D eigenvalue weighted by molar-refractivity contribution is 0.746. The van der Waals surface area contributed by atoms with Crippen molar-refractivity contribution in [1.82, 2.24) is 9.13 Å². The van der Waals surface area contributed by atoms with Crippen molar-refractivity contribution in [2.45, 2.75) is 0 Å². The molecule has 4 heteroatoms. The van der Waals surface area contributed by atoms with Crippen LogP contribution in [-0.2, 0) is 0 Å². The van der Waals surface area contributed by atoms with E-state index in [9.17, 15) is 0 Å². The smallest absolute Gasteiger partial charge is 0.174 e. The largest absolute Gasteiger partial charge is 0.302 e. The highest BCUT2D eigenvalue weighted by Gasteiger charge is 1.99. The Morgan fingerprint density at radius 3 is 1.91 bits per heavy atom. The third-order valence-electron chi connectivity index (χ3n) is 3.51. The summed E-state index contributed by atoms with van der Waals surface area (Å²) in [6, 6.07) is 9.97. The molecular weight excluding hydrogens is 404 g/mol. The summed E-state index contributed by atoms with van der Waals surface area (Å²) in [6.07, 6.45) is 12.4. The molecule has 0 atom stereocenters. The fourth-order valence-electron chi connectivity index (χ4n) is 2.11. The molecule has 150 valence electrons. The average molecular weight is 418 g/mol. The number of terminal acetylenes is 1. The molecule has 4 nitrogen and oxygen atoms in total. The minimum absolute atomic E-state index is 0.646. The molecule has 0 aliphatic carbocycles. The van der Waals surface area contributed by atoms with E-state index in [0.717, 1.165) is 5.36 Å². The second-order valence-corrected chi connectivity index (χ2v) is 5.52. The fraction of sp³-hybridized carbons (Fsp3) is 0.0345. The zero-order valence-corrected chi connectivity index (χ0v) is 17.7. The second-order valence-electron chi connectivity index (χ2n) is 5.52. The van der Waals surface area contributed by atoms with Crippen LogP contribution in [0.4, 0.5) is 0 Å². The summed E-state index contributed by atoms with van der Waals surface area (Å²) in [4.78, 5) is 8.30. The van der Waals surface area contributed by atoms with Crippen molar-refractivity contribution in [1.29, 1.82) is 0 Å². The SMILES string of the molecule is C#CC#CC#CC#CN=c1ccn(C(=C=C=C=C=C=C=C=C=C)n2ccc(=NC)cc2)cc1. The van der Waals surface area contributed by atoms with Crippen LogP contribution in [0.1, 0.15) is 0 Å². The van der Waals surface area contributed by atoms with Crippen LogP contribution in [0.5, 0.6) is 0 Å². The first-order valence-corrected chi connectivity index (χ1v) is 9.23. The van der Waals surface area contributed by atoms with Gasteiger partial charge in [-0.3, -0.25) is 4.99 Å². The minimum Gasteiger partial charge on any atom is -0.302 e. The Kier molecular flexibility index (Phi) is 10.0. The van der Waals surface area contributed by atoms with Crippen LogP contribution in [0.2, 0.25) is 0 Å². The number of hydrogen-bond acceptors (Lipinski definition) is 2. The van der Waals surface area contributed by atoms with Gasteiger partial charge in [0, 0.05) is 55.6 Å². The molecular formula is C29H14N4. The van der Waals surface area contributed by atoms with Gasteiger partial charge in [0.2, 0.25) is 0 Å². The summed E-state index contributed by atoms with van der Waals surface area (Å²) in [5.41, 5.74) is 21.2. The second kappa shape index (κ2) is 14.2. The van der Waals surface area contributed by atoms with Crippen molar-refractivity contribution in [3.63, 3.8) is 0 Å². The van der Waals surface area contributed by atoms with Crippen LogP contribution in [0.15, 0.2) is 111 Å². The van der Waals surface area contributed by atoms with Gasteiger partial charge in [0.25, 0.3) is 0 Å². The molecule has 0 saturated carbocycles. The van der Waals surface area contributed by atoms with E-state index in [-0.39, 0.29) is 0 Å².